The number of hydrogen-bond acceptors (Lipinski definition) is 3. The van der Waals surface area contributed by atoms with Crippen molar-refractivity contribution in [1.29, 1.82) is 0 Å². The van der Waals surface area contributed by atoms with Gasteiger partial charge in [0.25, 0.3) is 0 Å². The van der Waals surface area contributed by atoms with Crippen LogP contribution in [-0.2, 0) is 14.8 Å². The third-order valence-corrected chi connectivity index (χ3v) is 9.28. The molecular weight excluding hydrogens is 428 g/mol. The molecule has 27 heavy (non-hydrogen) atoms. The van der Waals surface area contributed by atoms with Crippen molar-refractivity contribution in [1.82, 2.24) is 4.31 Å². The number of anilines is 1. The van der Waals surface area contributed by atoms with Crippen LogP contribution in [0, 0.1) is 17.3 Å². The predicted octanol–water partition coefficient (Wildman–Crippen LogP) is 4.00. The van der Waals surface area contributed by atoms with E-state index in [-0.39, 0.29) is 20.5 Å². The second-order valence-corrected chi connectivity index (χ2v) is 13.0. The number of carbonyl (C=O) groups excluding carboxylic acids is 1. The maximum atomic E-state index is 12.8. The Hall–Kier alpha value is -0.920. The van der Waals surface area contributed by atoms with E-state index in [0.29, 0.717) is 12.1 Å². The SMILES string of the molecule is CN(C)S(=O)(=O)c1cccc(NC(=O)CC23CC4CC(CC(Br)(C4)C2)C3)c1. The van der Waals surface area contributed by atoms with Crippen molar-refractivity contribution in [3.8, 4) is 0 Å². The lowest BCUT2D eigenvalue weighted by Crippen LogP contribution is -2.53. The molecule has 0 heterocycles. The summed E-state index contributed by atoms with van der Waals surface area (Å²) in [5, 5.41) is 2.94. The van der Waals surface area contributed by atoms with Gasteiger partial charge >= 0.3 is 0 Å². The van der Waals surface area contributed by atoms with Gasteiger partial charge in [0.2, 0.25) is 15.9 Å². The van der Waals surface area contributed by atoms with Crippen LogP contribution in [0.3, 0.4) is 0 Å². The number of alkyl halides is 1. The Morgan fingerprint density at radius 1 is 1.22 bits per heavy atom. The molecule has 0 saturated heterocycles. The van der Waals surface area contributed by atoms with Crippen LogP contribution < -0.4 is 5.32 Å². The lowest BCUT2D eigenvalue weighted by molar-refractivity contribution is -0.123. The fraction of sp³-hybridized carbons (Fsp3) is 0.650. The summed E-state index contributed by atoms with van der Waals surface area (Å²) in [5.74, 6) is 1.48. The van der Waals surface area contributed by atoms with Gasteiger partial charge in [-0.2, -0.15) is 0 Å². The molecule has 5 rings (SSSR count). The molecule has 4 aliphatic carbocycles. The molecule has 2 atom stereocenters. The zero-order chi connectivity index (χ0) is 19.4. The molecule has 1 aromatic carbocycles. The molecule has 1 amide bonds. The molecule has 5 nitrogen and oxygen atoms in total. The van der Waals surface area contributed by atoms with Gasteiger partial charge in [0.05, 0.1) is 4.90 Å². The normalized spacial score (nSPS) is 34.8. The van der Waals surface area contributed by atoms with E-state index in [1.165, 1.54) is 37.7 Å². The maximum Gasteiger partial charge on any atom is 0.242 e. The second kappa shape index (κ2) is 6.56. The quantitative estimate of drug-likeness (QED) is 0.683. The number of sulfonamides is 1. The Kier molecular flexibility index (Phi) is 4.71. The van der Waals surface area contributed by atoms with Gasteiger partial charge < -0.3 is 5.32 Å². The summed E-state index contributed by atoms with van der Waals surface area (Å²) in [5.41, 5.74) is 0.645. The number of benzene rings is 1. The monoisotopic (exact) mass is 454 g/mol. The van der Waals surface area contributed by atoms with Gasteiger partial charge in [-0.1, -0.05) is 22.0 Å². The lowest BCUT2D eigenvalue weighted by Gasteiger charge is -2.60. The number of nitrogens with zero attached hydrogens (tertiary/aromatic N) is 1. The Labute approximate surface area is 170 Å². The van der Waals surface area contributed by atoms with E-state index in [0.717, 1.165) is 31.1 Å². The van der Waals surface area contributed by atoms with E-state index in [1.807, 2.05) is 0 Å². The third kappa shape index (κ3) is 3.70. The van der Waals surface area contributed by atoms with Gasteiger partial charge in [-0.05, 0) is 74.0 Å². The summed E-state index contributed by atoms with van der Waals surface area (Å²) in [7, 11) is -0.504. The first-order chi connectivity index (χ1) is 12.6. The zero-order valence-corrected chi connectivity index (χ0v) is 18.3. The molecule has 1 N–H and O–H groups in total. The fourth-order valence-electron chi connectivity index (χ4n) is 6.03. The molecule has 0 aliphatic heterocycles. The zero-order valence-electron chi connectivity index (χ0n) is 15.9. The molecule has 148 valence electrons. The minimum atomic E-state index is -3.51. The number of amides is 1. The smallest absolute Gasteiger partial charge is 0.242 e. The molecule has 0 aromatic heterocycles. The molecule has 4 bridgehead atoms. The van der Waals surface area contributed by atoms with E-state index in [1.54, 1.807) is 24.3 Å². The largest absolute Gasteiger partial charge is 0.326 e. The van der Waals surface area contributed by atoms with E-state index < -0.39 is 10.0 Å². The van der Waals surface area contributed by atoms with Gasteiger partial charge in [0.1, 0.15) is 0 Å². The van der Waals surface area contributed by atoms with Crippen LogP contribution in [0.15, 0.2) is 29.2 Å². The van der Waals surface area contributed by atoms with Gasteiger partial charge in [-0.3, -0.25) is 4.79 Å². The topological polar surface area (TPSA) is 66.5 Å². The van der Waals surface area contributed by atoms with Crippen LogP contribution in [0.1, 0.15) is 44.9 Å². The minimum absolute atomic E-state index is 0.00699. The Morgan fingerprint density at radius 3 is 2.48 bits per heavy atom. The van der Waals surface area contributed by atoms with Crippen molar-refractivity contribution in [3.05, 3.63) is 24.3 Å². The van der Waals surface area contributed by atoms with Crippen LogP contribution in [0.25, 0.3) is 0 Å². The number of nitrogens with one attached hydrogen (secondary N) is 1. The van der Waals surface area contributed by atoms with E-state index in [2.05, 4.69) is 21.2 Å². The van der Waals surface area contributed by atoms with Crippen molar-refractivity contribution in [2.24, 2.45) is 17.3 Å². The van der Waals surface area contributed by atoms with Gasteiger partial charge in [-0.15, -0.1) is 0 Å². The van der Waals surface area contributed by atoms with Gasteiger partial charge in [0, 0.05) is 30.5 Å². The Morgan fingerprint density at radius 2 is 1.89 bits per heavy atom. The minimum Gasteiger partial charge on any atom is -0.326 e. The van der Waals surface area contributed by atoms with Crippen LogP contribution in [0.5, 0.6) is 0 Å². The first kappa shape index (κ1) is 19.4. The van der Waals surface area contributed by atoms with Crippen molar-refractivity contribution in [2.75, 3.05) is 19.4 Å². The Bertz CT molecular complexity index is 854. The maximum absolute atomic E-state index is 12.8. The van der Waals surface area contributed by atoms with E-state index in [9.17, 15) is 13.2 Å². The molecule has 0 spiro atoms. The number of hydrogen-bond donors (Lipinski definition) is 1. The van der Waals surface area contributed by atoms with Crippen molar-refractivity contribution >= 4 is 37.5 Å². The first-order valence-corrected chi connectivity index (χ1v) is 11.8. The summed E-state index contributed by atoms with van der Waals surface area (Å²) in [6.07, 6.45) is 7.72. The van der Waals surface area contributed by atoms with E-state index >= 15 is 0 Å². The van der Waals surface area contributed by atoms with E-state index in [4.69, 9.17) is 0 Å². The molecule has 4 aliphatic rings. The number of carbonyl (C=O) groups is 1. The summed E-state index contributed by atoms with van der Waals surface area (Å²) >= 11 is 3.99. The number of halogens is 1. The average molecular weight is 455 g/mol. The summed E-state index contributed by atoms with van der Waals surface area (Å²) in [4.78, 5) is 13.0. The lowest BCUT2D eigenvalue weighted by atomic mass is 9.48. The van der Waals surface area contributed by atoms with Crippen molar-refractivity contribution in [3.63, 3.8) is 0 Å². The average Bonchev–Trinajstić information content (AvgIpc) is 2.51. The van der Waals surface area contributed by atoms with Crippen LogP contribution >= 0.6 is 15.9 Å². The molecule has 4 saturated carbocycles. The molecule has 0 radical (unpaired) electrons. The molecule has 7 heteroatoms. The van der Waals surface area contributed by atoms with Crippen molar-refractivity contribution in [2.45, 2.75) is 54.2 Å². The highest BCUT2D eigenvalue weighted by Crippen LogP contribution is 2.65. The van der Waals surface area contributed by atoms with Crippen molar-refractivity contribution < 1.29 is 13.2 Å². The van der Waals surface area contributed by atoms with Crippen LogP contribution in [0.4, 0.5) is 5.69 Å². The van der Waals surface area contributed by atoms with Gasteiger partial charge in [0.15, 0.2) is 0 Å². The molecule has 4 fully saturated rings. The summed E-state index contributed by atoms with van der Waals surface area (Å²) in [6, 6.07) is 6.51. The second-order valence-electron chi connectivity index (χ2n) is 9.15. The molecule has 2 unspecified atom stereocenters. The van der Waals surface area contributed by atoms with Crippen LogP contribution in [0.2, 0.25) is 0 Å². The standard InChI is InChI=1S/C20H27BrN2O3S/c1-23(2)27(25,26)17-5-3-4-16(7-17)22-18(24)12-19-8-14-6-15(9-19)11-20(21,10-14)13-19/h3-5,7,14-15H,6,8-13H2,1-2H3,(H,22,24). The fourth-order valence-corrected chi connectivity index (χ4v) is 8.49. The molecule has 1 aromatic rings. The van der Waals surface area contributed by atoms with Gasteiger partial charge in [-0.25, -0.2) is 12.7 Å². The first-order valence-electron chi connectivity index (χ1n) is 9.61. The summed E-state index contributed by atoms with van der Waals surface area (Å²) < 4.78 is 26.0. The highest BCUT2D eigenvalue weighted by atomic mass is 79.9. The summed E-state index contributed by atoms with van der Waals surface area (Å²) in [6.45, 7) is 0. The number of rotatable bonds is 5. The highest BCUT2D eigenvalue weighted by Gasteiger charge is 2.57. The Balaban J connectivity index is 1.48. The third-order valence-electron chi connectivity index (χ3n) is 6.54. The predicted molar refractivity (Wildman–Crippen MR) is 109 cm³/mol. The van der Waals surface area contributed by atoms with Crippen LogP contribution in [-0.4, -0.2) is 37.0 Å². The molecular formula is C20H27BrN2O3S. The highest BCUT2D eigenvalue weighted by molar-refractivity contribution is 9.10.